The minimum atomic E-state index is 0.799. The third-order valence-corrected chi connectivity index (χ3v) is 3.71. The predicted molar refractivity (Wildman–Crippen MR) is 92.4 cm³/mol. The lowest BCUT2D eigenvalue weighted by molar-refractivity contribution is 0.194. The van der Waals surface area contributed by atoms with Gasteiger partial charge in [0.25, 0.3) is 0 Å². The Hall–Kier alpha value is -1.10. The molecule has 0 saturated carbocycles. The second kappa shape index (κ2) is 11.5. The van der Waals surface area contributed by atoms with Crippen LogP contribution in [0.4, 0.5) is 0 Å². The Morgan fingerprint density at radius 3 is 2.68 bits per heavy atom. The van der Waals surface area contributed by atoms with Gasteiger partial charge in [0.2, 0.25) is 0 Å². The molecule has 4 nitrogen and oxygen atoms in total. The maximum atomic E-state index is 5.54. The molecule has 0 bridgehead atoms. The summed E-state index contributed by atoms with van der Waals surface area (Å²) in [6.07, 6.45) is 3.51. The summed E-state index contributed by atoms with van der Waals surface area (Å²) in [7, 11) is 5.65. The van der Waals surface area contributed by atoms with Gasteiger partial charge in [-0.05, 0) is 44.6 Å². The number of nitrogens with zero attached hydrogens (tertiary/aromatic N) is 1. The molecule has 0 aromatic heterocycles. The van der Waals surface area contributed by atoms with Crippen molar-refractivity contribution in [2.45, 2.75) is 39.3 Å². The summed E-state index contributed by atoms with van der Waals surface area (Å²) in [5, 5.41) is 3.43. The van der Waals surface area contributed by atoms with Crippen LogP contribution in [-0.4, -0.2) is 45.9 Å². The van der Waals surface area contributed by atoms with E-state index in [0.29, 0.717) is 0 Å². The van der Waals surface area contributed by atoms with Crippen molar-refractivity contribution >= 4 is 0 Å². The van der Waals surface area contributed by atoms with Gasteiger partial charge >= 0.3 is 0 Å². The number of rotatable bonds is 12. The molecule has 0 aliphatic heterocycles. The van der Waals surface area contributed by atoms with E-state index in [1.165, 1.54) is 24.0 Å². The SMILES string of the molecule is CCCCN(C)Cc1ccc(CNCCCOC)c(OC)c1. The van der Waals surface area contributed by atoms with Crippen molar-refractivity contribution in [2.75, 3.05) is 41.0 Å². The van der Waals surface area contributed by atoms with Gasteiger partial charge in [-0.2, -0.15) is 0 Å². The lowest BCUT2D eigenvalue weighted by Gasteiger charge is -2.18. The molecule has 0 saturated heterocycles. The summed E-state index contributed by atoms with van der Waals surface area (Å²) in [5.74, 6) is 0.973. The largest absolute Gasteiger partial charge is 0.496 e. The monoisotopic (exact) mass is 308 g/mol. The number of hydrogen-bond donors (Lipinski definition) is 1. The van der Waals surface area contributed by atoms with Crippen LogP contribution in [0.25, 0.3) is 0 Å². The summed E-state index contributed by atoms with van der Waals surface area (Å²) in [6.45, 7) is 6.93. The highest BCUT2D eigenvalue weighted by Gasteiger charge is 2.06. The summed E-state index contributed by atoms with van der Waals surface area (Å²) < 4.78 is 10.6. The minimum absolute atomic E-state index is 0.799. The van der Waals surface area contributed by atoms with Crippen molar-refractivity contribution in [1.29, 1.82) is 0 Å². The fourth-order valence-corrected chi connectivity index (χ4v) is 2.42. The van der Waals surface area contributed by atoms with Crippen molar-refractivity contribution in [2.24, 2.45) is 0 Å². The highest BCUT2D eigenvalue weighted by Crippen LogP contribution is 2.21. The lowest BCUT2D eigenvalue weighted by atomic mass is 10.1. The number of ether oxygens (including phenoxy) is 2. The standard InChI is InChI=1S/C18H32N2O2/c1-5-6-11-20(2)15-16-8-9-17(18(13-16)22-4)14-19-10-7-12-21-3/h8-9,13,19H,5-7,10-12,14-15H2,1-4H3. The fraction of sp³-hybridized carbons (Fsp3) is 0.667. The van der Waals surface area contributed by atoms with Crippen molar-refractivity contribution < 1.29 is 9.47 Å². The summed E-state index contributed by atoms with van der Waals surface area (Å²) in [5.41, 5.74) is 2.51. The summed E-state index contributed by atoms with van der Waals surface area (Å²) in [6, 6.07) is 6.54. The molecule has 22 heavy (non-hydrogen) atoms. The zero-order valence-corrected chi connectivity index (χ0v) is 14.7. The third-order valence-electron chi connectivity index (χ3n) is 3.71. The average molecular weight is 308 g/mol. The second-order valence-corrected chi connectivity index (χ2v) is 5.76. The number of methoxy groups -OCH3 is 2. The van der Waals surface area contributed by atoms with E-state index in [4.69, 9.17) is 9.47 Å². The first-order chi connectivity index (χ1) is 10.7. The molecule has 0 atom stereocenters. The van der Waals surface area contributed by atoms with Gasteiger partial charge < -0.3 is 19.7 Å². The molecule has 0 amide bonds. The Kier molecular flexibility index (Phi) is 9.87. The maximum Gasteiger partial charge on any atom is 0.123 e. The van der Waals surface area contributed by atoms with E-state index in [1.54, 1.807) is 14.2 Å². The van der Waals surface area contributed by atoms with E-state index in [0.717, 1.165) is 45.0 Å². The molecule has 0 unspecified atom stereocenters. The van der Waals surface area contributed by atoms with E-state index in [9.17, 15) is 0 Å². The van der Waals surface area contributed by atoms with Gasteiger partial charge in [-0.25, -0.2) is 0 Å². The smallest absolute Gasteiger partial charge is 0.123 e. The molecule has 0 aliphatic carbocycles. The van der Waals surface area contributed by atoms with Gasteiger partial charge in [0.05, 0.1) is 7.11 Å². The van der Waals surface area contributed by atoms with E-state index in [-0.39, 0.29) is 0 Å². The fourth-order valence-electron chi connectivity index (χ4n) is 2.42. The Bertz CT molecular complexity index is 410. The first-order valence-corrected chi connectivity index (χ1v) is 8.25. The van der Waals surface area contributed by atoms with Crippen molar-refractivity contribution in [1.82, 2.24) is 10.2 Å². The van der Waals surface area contributed by atoms with Gasteiger partial charge in [-0.15, -0.1) is 0 Å². The second-order valence-electron chi connectivity index (χ2n) is 5.76. The Morgan fingerprint density at radius 2 is 2.00 bits per heavy atom. The number of hydrogen-bond acceptors (Lipinski definition) is 4. The first kappa shape index (κ1) is 18.9. The summed E-state index contributed by atoms with van der Waals surface area (Å²) >= 11 is 0. The molecule has 0 spiro atoms. The van der Waals surface area contributed by atoms with Crippen LogP contribution in [0, 0.1) is 0 Å². The van der Waals surface area contributed by atoms with Gasteiger partial charge in [0.15, 0.2) is 0 Å². The zero-order chi connectivity index (χ0) is 16.2. The van der Waals surface area contributed by atoms with Crippen molar-refractivity contribution in [3.05, 3.63) is 29.3 Å². The molecule has 1 N–H and O–H groups in total. The molecule has 0 radical (unpaired) electrons. The number of benzene rings is 1. The Morgan fingerprint density at radius 1 is 1.18 bits per heavy atom. The third kappa shape index (κ3) is 7.25. The Balaban J connectivity index is 2.51. The molecule has 4 heteroatoms. The quantitative estimate of drug-likeness (QED) is 0.602. The molecule has 126 valence electrons. The predicted octanol–water partition coefficient (Wildman–Crippen LogP) is 3.05. The normalized spacial score (nSPS) is 11.1. The zero-order valence-electron chi connectivity index (χ0n) is 14.7. The van der Waals surface area contributed by atoms with E-state index < -0.39 is 0 Å². The van der Waals surface area contributed by atoms with Crippen LogP contribution in [0.15, 0.2) is 18.2 Å². The van der Waals surface area contributed by atoms with Gasteiger partial charge in [-0.1, -0.05) is 25.5 Å². The van der Waals surface area contributed by atoms with Crippen LogP contribution in [0.3, 0.4) is 0 Å². The Labute approximate surface area is 135 Å². The molecule has 0 fully saturated rings. The van der Waals surface area contributed by atoms with Gasteiger partial charge in [0, 0.05) is 32.4 Å². The molecule has 0 aliphatic rings. The molecule has 1 rings (SSSR count). The van der Waals surface area contributed by atoms with Crippen LogP contribution in [0.5, 0.6) is 5.75 Å². The highest BCUT2D eigenvalue weighted by molar-refractivity contribution is 5.37. The topological polar surface area (TPSA) is 33.7 Å². The molecular formula is C18H32N2O2. The lowest BCUT2D eigenvalue weighted by Crippen LogP contribution is -2.19. The average Bonchev–Trinajstić information content (AvgIpc) is 2.53. The van der Waals surface area contributed by atoms with Gasteiger partial charge in [0.1, 0.15) is 5.75 Å². The van der Waals surface area contributed by atoms with Crippen LogP contribution in [0.2, 0.25) is 0 Å². The first-order valence-electron chi connectivity index (χ1n) is 8.25. The maximum absolute atomic E-state index is 5.54. The van der Waals surface area contributed by atoms with E-state index >= 15 is 0 Å². The van der Waals surface area contributed by atoms with Crippen molar-refractivity contribution in [3.63, 3.8) is 0 Å². The van der Waals surface area contributed by atoms with Crippen LogP contribution < -0.4 is 10.1 Å². The van der Waals surface area contributed by atoms with E-state index in [1.807, 2.05) is 0 Å². The van der Waals surface area contributed by atoms with Crippen LogP contribution >= 0.6 is 0 Å². The highest BCUT2D eigenvalue weighted by atomic mass is 16.5. The minimum Gasteiger partial charge on any atom is -0.496 e. The molecule has 1 aromatic carbocycles. The number of nitrogens with one attached hydrogen (secondary N) is 1. The number of unbranched alkanes of at least 4 members (excludes halogenated alkanes) is 1. The van der Waals surface area contributed by atoms with Crippen LogP contribution in [-0.2, 0) is 17.8 Å². The summed E-state index contributed by atoms with van der Waals surface area (Å²) in [4.78, 5) is 2.36. The molecule has 0 heterocycles. The van der Waals surface area contributed by atoms with Crippen LogP contribution in [0.1, 0.15) is 37.3 Å². The molecule has 1 aromatic rings. The van der Waals surface area contributed by atoms with Gasteiger partial charge in [-0.3, -0.25) is 0 Å². The van der Waals surface area contributed by atoms with E-state index in [2.05, 4.69) is 42.4 Å². The molecular weight excluding hydrogens is 276 g/mol. The van der Waals surface area contributed by atoms with Crippen molar-refractivity contribution in [3.8, 4) is 5.75 Å².